The molecule has 2 aromatic carbocycles. The van der Waals surface area contributed by atoms with Crippen LogP contribution >= 0.6 is 11.3 Å². The van der Waals surface area contributed by atoms with Gasteiger partial charge in [0, 0.05) is 44.8 Å². The fourth-order valence-corrected chi connectivity index (χ4v) is 7.21. The van der Waals surface area contributed by atoms with Crippen LogP contribution in [0.4, 0.5) is 5.13 Å². The minimum atomic E-state index is -3.62. The van der Waals surface area contributed by atoms with Crippen molar-refractivity contribution in [1.29, 1.82) is 0 Å². The highest BCUT2D eigenvalue weighted by molar-refractivity contribution is 7.89. The molecule has 4 rings (SSSR count). The third-order valence-electron chi connectivity index (χ3n) is 6.96. The predicted octanol–water partition coefficient (Wildman–Crippen LogP) is 4.87. The lowest BCUT2D eigenvalue weighted by atomic mass is 10.2. The maximum atomic E-state index is 13.9. The Morgan fingerprint density at radius 1 is 1.05 bits per heavy atom. The van der Waals surface area contributed by atoms with Crippen molar-refractivity contribution < 1.29 is 22.7 Å². The lowest BCUT2D eigenvalue weighted by Crippen LogP contribution is -2.39. The molecule has 3 aromatic rings. The Balaban J connectivity index is 1.59. The van der Waals surface area contributed by atoms with E-state index in [4.69, 9.17) is 14.5 Å². The van der Waals surface area contributed by atoms with Crippen molar-refractivity contribution in [2.24, 2.45) is 0 Å². The van der Waals surface area contributed by atoms with Crippen LogP contribution in [-0.4, -0.2) is 87.6 Å². The van der Waals surface area contributed by atoms with E-state index in [-0.39, 0.29) is 10.8 Å². The number of rotatable bonds is 14. The normalized spacial score (nSPS) is 14.6. The zero-order valence-corrected chi connectivity index (χ0v) is 25.3. The van der Waals surface area contributed by atoms with E-state index in [1.165, 1.54) is 27.8 Å². The molecule has 2 heterocycles. The van der Waals surface area contributed by atoms with Crippen LogP contribution in [0.25, 0.3) is 10.2 Å². The van der Waals surface area contributed by atoms with Gasteiger partial charge in [-0.2, -0.15) is 4.31 Å². The lowest BCUT2D eigenvalue weighted by Gasteiger charge is -2.27. The number of unbranched alkanes of at least 4 members (excludes halogenated alkanes) is 1. The minimum absolute atomic E-state index is 0.196. The van der Waals surface area contributed by atoms with Gasteiger partial charge in [-0.15, -0.1) is 0 Å². The second-order valence-electron chi connectivity index (χ2n) is 9.67. The van der Waals surface area contributed by atoms with Gasteiger partial charge in [0.2, 0.25) is 10.0 Å². The first-order valence-corrected chi connectivity index (χ1v) is 16.4. The number of benzene rings is 2. The molecule has 218 valence electrons. The van der Waals surface area contributed by atoms with E-state index in [1.54, 1.807) is 17.0 Å². The Kier molecular flexibility index (Phi) is 10.9. The fraction of sp³-hybridized carbons (Fsp3) is 0.517. The van der Waals surface area contributed by atoms with Crippen LogP contribution in [0, 0.1) is 0 Å². The summed E-state index contributed by atoms with van der Waals surface area (Å²) in [5.74, 6) is 0.489. The van der Waals surface area contributed by atoms with Gasteiger partial charge in [0.15, 0.2) is 5.13 Å². The first kappa shape index (κ1) is 30.4. The Labute approximate surface area is 241 Å². The van der Waals surface area contributed by atoms with Crippen LogP contribution in [0.2, 0.25) is 0 Å². The molecule has 0 aliphatic carbocycles. The SMILES string of the molecule is CCCCN(CC)S(=O)(=O)c1ccc(C(=O)N(CCCN2CCOCC2)c2nc3c(OCC)cccc3s2)cc1. The van der Waals surface area contributed by atoms with Crippen LogP contribution in [0.15, 0.2) is 47.4 Å². The zero-order valence-electron chi connectivity index (χ0n) is 23.7. The Bertz CT molecular complexity index is 1350. The maximum Gasteiger partial charge on any atom is 0.260 e. The number of carbonyl (C=O) groups is 1. The molecule has 1 fully saturated rings. The number of nitrogens with zero attached hydrogens (tertiary/aromatic N) is 4. The molecule has 0 atom stereocenters. The number of ether oxygens (including phenoxy) is 2. The molecule has 1 saturated heterocycles. The van der Waals surface area contributed by atoms with Crippen molar-refractivity contribution in [3.05, 3.63) is 48.0 Å². The highest BCUT2D eigenvalue weighted by atomic mass is 32.2. The lowest BCUT2D eigenvalue weighted by molar-refractivity contribution is 0.0376. The largest absolute Gasteiger partial charge is 0.492 e. The van der Waals surface area contributed by atoms with E-state index in [9.17, 15) is 13.2 Å². The minimum Gasteiger partial charge on any atom is -0.492 e. The highest BCUT2D eigenvalue weighted by Gasteiger charge is 2.26. The summed E-state index contributed by atoms with van der Waals surface area (Å²) in [4.78, 5) is 23.0. The summed E-state index contributed by atoms with van der Waals surface area (Å²) in [5.41, 5.74) is 1.16. The average Bonchev–Trinajstić information content (AvgIpc) is 3.41. The molecular weight excluding hydrogens is 548 g/mol. The molecule has 1 amide bonds. The quantitative estimate of drug-likeness (QED) is 0.265. The zero-order chi connectivity index (χ0) is 28.5. The molecule has 1 aliphatic rings. The molecule has 11 heteroatoms. The standard InChI is InChI=1S/C29H40N4O5S2/c1-4-7-17-32(5-2)40(35,36)24-14-12-23(13-15-24)28(34)33(18-9-16-31-19-21-37-22-20-31)29-30-27-25(38-6-3)10-8-11-26(27)39-29/h8,10-15H,4-7,9,16-22H2,1-3H3. The molecule has 0 spiro atoms. The van der Waals surface area contributed by atoms with Crippen molar-refractivity contribution in [3.8, 4) is 5.75 Å². The number of morpholine rings is 1. The van der Waals surface area contributed by atoms with Crippen LogP contribution in [0.3, 0.4) is 0 Å². The number of hydrogen-bond acceptors (Lipinski definition) is 8. The van der Waals surface area contributed by atoms with Crippen LogP contribution < -0.4 is 9.64 Å². The number of para-hydroxylation sites is 1. The van der Waals surface area contributed by atoms with Crippen molar-refractivity contribution in [2.75, 3.05) is 64.0 Å². The van der Waals surface area contributed by atoms with Crippen molar-refractivity contribution in [1.82, 2.24) is 14.2 Å². The molecule has 0 unspecified atom stereocenters. The Morgan fingerprint density at radius 3 is 2.48 bits per heavy atom. The average molecular weight is 589 g/mol. The summed E-state index contributed by atoms with van der Waals surface area (Å²) in [7, 11) is -3.62. The fourth-order valence-electron chi connectivity index (χ4n) is 4.72. The third-order valence-corrected chi connectivity index (χ3v) is 9.99. The third kappa shape index (κ3) is 7.19. The van der Waals surface area contributed by atoms with Gasteiger partial charge < -0.3 is 9.47 Å². The van der Waals surface area contributed by atoms with Crippen LogP contribution in [-0.2, 0) is 14.8 Å². The molecule has 1 aromatic heterocycles. The van der Waals surface area contributed by atoms with Crippen molar-refractivity contribution in [2.45, 2.75) is 44.9 Å². The van der Waals surface area contributed by atoms with E-state index < -0.39 is 10.0 Å². The topological polar surface area (TPSA) is 92.3 Å². The molecule has 0 saturated carbocycles. The number of amides is 1. The van der Waals surface area contributed by atoms with Crippen LogP contribution in [0.5, 0.6) is 5.75 Å². The number of sulfonamides is 1. The van der Waals surface area contributed by atoms with Gasteiger partial charge in [0.05, 0.1) is 29.4 Å². The molecule has 0 radical (unpaired) electrons. The molecule has 0 bridgehead atoms. The summed E-state index contributed by atoms with van der Waals surface area (Å²) in [5, 5.41) is 0.600. The summed E-state index contributed by atoms with van der Waals surface area (Å²) in [6.45, 7) is 11.8. The van der Waals surface area contributed by atoms with E-state index >= 15 is 0 Å². The van der Waals surface area contributed by atoms with Crippen LogP contribution in [0.1, 0.15) is 50.4 Å². The number of aromatic nitrogens is 1. The predicted molar refractivity (Wildman–Crippen MR) is 160 cm³/mol. The smallest absolute Gasteiger partial charge is 0.260 e. The molecular formula is C29H40N4O5S2. The number of hydrogen-bond donors (Lipinski definition) is 0. The van der Waals surface area contributed by atoms with Gasteiger partial charge in [-0.05, 0) is 56.2 Å². The first-order chi connectivity index (χ1) is 19.4. The van der Waals surface area contributed by atoms with E-state index in [1.807, 2.05) is 39.0 Å². The molecule has 40 heavy (non-hydrogen) atoms. The van der Waals surface area contributed by atoms with Gasteiger partial charge in [0.25, 0.3) is 5.91 Å². The van der Waals surface area contributed by atoms with Crippen molar-refractivity contribution >= 4 is 42.6 Å². The number of anilines is 1. The molecule has 0 N–H and O–H groups in total. The second kappa shape index (κ2) is 14.4. The van der Waals surface area contributed by atoms with Gasteiger partial charge in [-0.25, -0.2) is 13.4 Å². The van der Waals surface area contributed by atoms with Gasteiger partial charge in [-0.3, -0.25) is 14.6 Å². The van der Waals surface area contributed by atoms with E-state index in [2.05, 4.69) is 4.90 Å². The molecule has 1 aliphatic heterocycles. The summed E-state index contributed by atoms with van der Waals surface area (Å²) in [6.07, 6.45) is 2.49. The molecule has 9 nitrogen and oxygen atoms in total. The number of thiazole rings is 1. The number of fused-ring (bicyclic) bond motifs is 1. The Morgan fingerprint density at radius 2 is 1.80 bits per heavy atom. The summed E-state index contributed by atoms with van der Waals surface area (Å²) in [6, 6.07) is 12.1. The summed E-state index contributed by atoms with van der Waals surface area (Å²) < 4.78 is 40.0. The van der Waals surface area contributed by atoms with E-state index in [0.29, 0.717) is 42.7 Å². The monoisotopic (exact) mass is 588 g/mol. The maximum absolute atomic E-state index is 13.9. The second-order valence-corrected chi connectivity index (χ2v) is 12.6. The highest BCUT2D eigenvalue weighted by Crippen LogP contribution is 2.35. The van der Waals surface area contributed by atoms with Gasteiger partial charge in [0.1, 0.15) is 11.3 Å². The Hall–Kier alpha value is -2.57. The van der Waals surface area contributed by atoms with Crippen molar-refractivity contribution in [3.63, 3.8) is 0 Å². The first-order valence-electron chi connectivity index (χ1n) is 14.1. The van der Waals surface area contributed by atoms with Gasteiger partial charge in [-0.1, -0.05) is 37.7 Å². The van der Waals surface area contributed by atoms with Gasteiger partial charge >= 0.3 is 0 Å². The van der Waals surface area contributed by atoms with E-state index in [0.717, 1.165) is 62.3 Å². The number of carbonyl (C=O) groups excluding carboxylic acids is 1. The summed E-state index contributed by atoms with van der Waals surface area (Å²) >= 11 is 1.45.